The molecule has 0 N–H and O–H groups in total. The molecule has 0 radical (unpaired) electrons. The van der Waals surface area contributed by atoms with Gasteiger partial charge in [-0.3, -0.25) is 4.79 Å². The van der Waals surface area contributed by atoms with Gasteiger partial charge >= 0.3 is 0 Å². The van der Waals surface area contributed by atoms with E-state index < -0.39 is 0 Å². The van der Waals surface area contributed by atoms with E-state index in [1.54, 1.807) is 24.1 Å². The minimum absolute atomic E-state index is 0.00794. The zero-order valence-corrected chi connectivity index (χ0v) is 17.6. The van der Waals surface area contributed by atoms with Gasteiger partial charge < -0.3 is 13.8 Å². The molecule has 30 heavy (non-hydrogen) atoms. The largest absolute Gasteiger partial charge is 0.461 e. The summed E-state index contributed by atoms with van der Waals surface area (Å²) in [6, 6.07) is 15.1. The summed E-state index contributed by atoms with van der Waals surface area (Å²) in [4.78, 5) is 18.8. The van der Waals surface area contributed by atoms with Crippen LogP contribution in [0.15, 0.2) is 57.5 Å². The zero-order valence-electron chi connectivity index (χ0n) is 16.9. The molecule has 0 saturated heterocycles. The lowest BCUT2D eigenvalue weighted by Gasteiger charge is -2.17. The van der Waals surface area contributed by atoms with E-state index in [1.807, 2.05) is 36.4 Å². The van der Waals surface area contributed by atoms with E-state index in [9.17, 15) is 4.79 Å². The Balaban J connectivity index is 1.40. The molecule has 0 bridgehead atoms. The molecule has 7 heteroatoms. The molecule has 2 aromatic heterocycles. The molecule has 4 rings (SSSR count). The van der Waals surface area contributed by atoms with E-state index >= 15 is 0 Å². The monoisotopic (exact) mass is 423 g/mol. The summed E-state index contributed by atoms with van der Waals surface area (Å²) in [6.07, 6.45) is 1.45. The normalized spacial score (nSPS) is 11.2. The van der Waals surface area contributed by atoms with Crippen LogP contribution < -0.4 is 0 Å². The predicted molar refractivity (Wildman–Crippen MR) is 115 cm³/mol. The summed E-state index contributed by atoms with van der Waals surface area (Å²) < 4.78 is 11.2. The van der Waals surface area contributed by atoms with E-state index in [4.69, 9.17) is 20.5 Å². The minimum Gasteiger partial charge on any atom is -0.461 e. The quantitative estimate of drug-likeness (QED) is 0.404. The number of aryl methyl sites for hydroxylation is 2. The highest BCUT2D eigenvalue weighted by atomic mass is 35.5. The molecule has 0 atom stereocenters. The second-order valence-corrected chi connectivity index (χ2v) is 7.56. The van der Waals surface area contributed by atoms with Gasteiger partial charge in [0.05, 0.1) is 0 Å². The number of carbonyl (C=O) groups is 1. The Labute approximate surface area is 179 Å². The molecule has 154 valence electrons. The number of halogens is 1. The second kappa shape index (κ2) is 8.71. The Bertz CT molecular complexity index is 1160. The molecule has 0 aliphatic heterocycles. The molecule has 1 amide bonds. The maximum absolute atomic E-state index is 12.7. The van der Waals surface area contributed by atoms with E-state index in [0.717, 1.165) is 34.3 Å². The molecule has 2 heterocycles. The third-order valence-electron chi connectivity index (χ3n) is 5.05. The van der Waals surface area contributed by atoms with Crippen molar-refractivity contribution in [3.63, 3.8) is 0 Å². The summed E-state index contributed by atoms with van der Waals surface area (Å²) in [5, 5.41) is 5.69. The van der Waals surface area contributed by atoms with Gasteiger partial charge in [-0.25, -0.2) is 0 Å². The van der Waals surface area contributed by atoms with Crippen LogP contribution in [0.5, 0.6) is 0 Å². The van der Waals surface area contributed by atoms with Crippen molar-refractivity contribution in [1.29, 1.82) is 0 Å². The number of benzene rings is 2. The first-order valence-corrected chi connectivity index (χ1v) is 10.2. The molecule has 6 nitrogen and oxygen atoms in total. The summed E-state index contributed by atoms with van der Waals surface area (Å²) in [6.45, 7) is 2.55. The second-order valence-electron chi connectivity index (χ2n) is 7.12. The van der Waals surface area contributed by atoms with Crippen molar-refractivity contribution >= 4 is 28.5 Å². The Kier molecular flexibility index (Phi) is 5.86. The Hall–Kier alpha value is -3.12. The van der Waals surface area contributed by atoms with Gasteiger partial charge in [-0.2, -0.15) is 4.98 Å². The first-order chi connectivity index (χ1) is 14.5. The standard InChI is InChI=1S/C23H22ClN3O3/c1-3-19-18(17-6-4-5-7-20(17)29-19)14-27(2)22(28)13-12-21-25-23(26-30-21)15-8-10-16(24)11-9-15/h4-11H,3,12-14H2,1-2H3. The minimum atomic E-state index is 0.00794. The summed E-state index contributed by atoms with van der Waals surface area (Å²) in [7, 11) is 1.80. The van der Waals surface area contributed by atoms with Crippen molar-refractivity contribution in [2.24, 2.45) is 0 Å². The number of fused-ring (bicyclic) bond motifs is 1. The maximum atomic E-state index is 12.7. The summed E-state index contributed by atoms with van der Waals surface area (Å²) >= 11 is 5.91. The SMILES string of the molecule is CCc1oc2ccccc2c1CN(C)C(=O)CCc1nc(-c2ccc(Cl)cc2)no1. The van der Waals surface area contributed by atoms with Crippen LogP contribution in [0.1, 0.15) is 30.6 Å². The zero-order chi connectivity index (χ0) is 21.1. The third kappa shape index (κ3) is 4.24. The Morgan fingerprint density at radius 1 is 1.13 bits per heavy atom. The predicted octanol–water partition coefficient (Wildman–Crippen LogP) is 5.29. The lowest BCUT2D eigenvalue weighted by atomic mass is 10.1. The van der Waals surface area contributed by atoms with Crippen LogP contribution in [0, 0.1) is 0 Å². The summed E-state index contributed by atoms with van der Waals surface area (Å²) in [5.74, 6) is 1.85. The third-order valence-corrected chi connectivity index (χ3v) is 5.30. The topological polar surface area (TPSA) is 72.4 Å². The maximum Gasteiger partial charge on any atom is 0.227 e. The molecule has 0 fully saturated rings. The smallest absolute Gasteiger partial charge is 0.227 e. The van der Waals surface area contributed by atoms with Gasteiger partial charge in [0.25, 0.3) is 0 Å². The van der Waals surface area contributed by atoms with Crippen LogP contribution in [0.3, 0.4) is 0 Å². The highest BCUT2D eigenvalue weighted by Crippen LogP contribution is 2.27. The average molecular weight is 424 g/mol. The van der Waals surface area contributed by atoms with E-state index in [1.165, 1.54) is 0 Å². The fourth-order valence-corrected chi connectivity index (χ4v) is 3.54. The van der Waals surface area contributed by atoms with Gasteiger partial charge in [-0.15, -0.1) is 0 Å². The van der Waals surface area contributed by atoms with Crippen LogP contribution in [-0.4, -0.2) is 28.0 Å². The number of carbonyl (C=O) groups excluding carboxylic acids is 1. The van der Waals surface area contributed by atoms with Crippen molar-refractivity contribution in [3.8, 4) is 11.4 Å². The van der Waals surface area contributed by atoms with E-state index in [0.29, 0.717) is 29.7 Å². The molecule has 0 spiro atoms. The number of para-hydroxylation sites is 1. The molecule has 0 saturated carbocycles. The van der Waals surface area contributed by atoms with Crippen LogP contribution in [0.4, 0.5) is 0 Å². The molecular weight excluding hydrogens is 402 g/mol. The van der Waals surface area contributed by atoms with Crippen LogP contribution in [0.25, 0.3) is 22.4 Å². The van der Waals surface area contributed by atoms with Crippen LogP contribution >= 0.6 is 11.6 Å². The number of furan rings is 1. The van der Waals surface area contributed by atoms with Gasteiger partial charge in [0.1, 0.15) is 11.3 Å². The van der Waals surface area contributed by atoms with Gasteiger partial charge in [-0.1, -0.05) is 41.9 Å². The van der Waals surface area contributed by atoms with Crippen molar-refractivity contribution < 1.29 is 13.7 Å². The van der Waals surface area contributed by atoms with E-state index in [-0.39, 0.29) is 12.3 Å². The van der Waals surface area contributed by atoms with Crippen molar-refractivity contribution in [2.75, 3.05) is 7.05 Å². The number of hydrogen-bond acceptors (Lipinski definition) is 5. The van der Waals surface area contributed by atoms with Crippen molar-refractivity contribution in [2.45, 2.75) is 32.7 Å². The number of rotatable bonds is 7. The van der Waals surface area contributed by atoms with Gasteiger partial charge in [0, 0.05) is 54.4 Å². The lowest BCUT2D eigenvalue weighted by Crippen LogP contribution is -2.26. The van der Waals surface area contributed by atoms with Gasteiger partial charge in [0.2, 0.25) is 17.6 Å². The number of amides is 1. The molecule has 2 aromatic carbocycles. The fraction of sp³-hybridized carbons (Fsp3) is 0.261. The molecule has 4 aromatic rings. The first-order valence-electron chi connectivity index (χ1n) is 9.87. The Morgan fingerprint density at radius 2 is 1.90 bits per heavy atom. The number of hydrogen-bond donors (Lipinski definition) is 0. The fourth-order valence-electron chi connectivity index (χ4n) is 3.41. The first kappa shape index (κ1) is 20.2. The van der Waals surface area contributed by atoms with Crippen molar-refractivity contribution in [1.82, 2.24) is 15.0 Å². The average Bonchev–Trinajstić information content (AvgIpc) is 3.37. The van der Waals surface area contributed by atoms with Gasteiger partial charge in [-0.05, 0) is 30.3 Å². The molecule has 0 aliphatic carbocycles. The van der Waals surface area contributed by atoms with E-state index in [2.05, 4.69) is 17.1 Å². The van der Waals surface area contributed by atoms with Gasteiger partial charge in [0.15, 0.2) is 0 Å². The lowest BCUT2D eigenvalue weighted by molar-refractivity contribution is -0.130. The van der Waals surface area contributed by atoms with Crippen molar-refractivity contribution in [3.05, 3.63) is 70.8 Å². The number of aromatic nitrogens is 2. The molecular formula is C23H22ClN3O3. The highest BCUT2D eigenvalue weighted by molar-refractivity contribution is 6.30. The highest BCUT2D eigenvalue weighted by Gasteiger charge is 2.18. The number of nitrogens with zero attached hydrogens (tertiary/aromatic N) is 3. The summed E-state index contributed by atoms with van der Waals surface area (Å²) in [5.41, 5.74) is 2.73. The Morgan fingerprint density at radius 3 is 2.67 bits per heavy atom. The molecule has 0 unspecified atom stereocenters. The molecule has 0 aliphatic rings. The van der Waals surface area contributed by atoms with Crippen LogP contribution in [0.2, 0.25) is 5.02 Å². The van der Waals surface area contributed by atoms with Crippen LogP contribution in [-0.2, 0) is 24.2 Å².